The van der Waals surface area contributed by atoms with Crippen molar-refractivity contribution in [2.75, 3.05) is 36.4 Å². The molecule has 196 valence electrons. The number of hydrogen-bond donors (Lipinski definition) is 2. The predicted octanol–water partition coefficient (Wildman–Crippen LogP) is 4.36. The van der Waals surface area contributed by atoms with Crippen LogP contribution in [0.5, 0.6) is 0 Å². The Morgan fingerprint density at radius 1 is 0.973 bits per heavy atom. The molecule has 0 atom stereocenters. The molecule has 2 aliphatic rings. The maximum Gasteiger partial charge on any atom is 0.490 e. The van der Waals surface area contributed by atoms with Crippen molar-refractivity contribution in [2.24, 2.45) is 0 Å². The largest absolute Gasteiger partial charge is 0.490 e. The molecule has 1 aromatic heterocycles. The minimum Gasteiger partial charge on any atom is -0.475 e. The number of alkyl halides is 3. The van der Waals surface area contributed by atoms with Crippen molar-refractivity contribution >= 4 is 34.5 Å². The van der Waals surface area contributed by atoms with E-state index in [2.05, 4.69) is 17.1 Å². The molecule has 1 saturated heterocycles. The van der Waals surface area contributed by atoms with Crippen molar-refractivity contribution in [3.8, 4) is 0 Å². The number of aromatic nitrogens is 2. The van der Waals surface area contributed by atoms with Crippen molar-refractivity contribution in [2.45, 2.75) is 38.4 Å². The zero-order chi connectivity index (χ0) is 26.6. The molecule has 2 fully saturated rings. The molecule has 2 N–H and O–H groups in total. The van der Waals surface area contributed by atoms with Gasteiger partial charge in [-0.15, -0.1) is 0 Å². The number of fused-ring (bicyclic) bond motifs is 1. The maximum atomic E-state index is 12.9. The molecular weight excluding hydrogens is 487 g/mol. The minimum atomic E-state index is -5.08. The van der Waals surface area contributed by atoms with Crippen molar-refractivity contribution in [1.82, 2.24) is 14.9 Å². The Bertz CT molecular complexity index is 1250. The van der Waals surface area contributed by atoms with Gasteiger partial charge in [-0.3, -0.25) is 4.79 Å². The Morgan fingerprint density at radius 2 is 1.54 bits per heavy atom. The average molecular weight is 516 g/mol. The first-order valence-electron chi connectivity index (χ1n) is 12.1. The number of aliphatic carboxylic acids is 1. The lowest BCUT2D eigenvalue weighted by atomic mass is 10.1. The van der Waals surface area contributed by atoms with Crippen LogP contribution < -0.4 is 10.2 Å². The van der Waals surface area contributed by atoms with E-state index in [9.17, 15) is 18.0 Å². The molecule has 1 amide bonds. The highest BCUT2D eigenvalue weighted by Gasteiger charge is 2.38. The third-order valence-electron chi connectivity index (χ3n) is 6.19. The number of aryl methyl sites for hydroxylation is 1. The summed E-state index contributed by atoms with van der Waals surface area (Å²) < 4.78 is 31.7. The average Bonchev–Trinajstić information content (AvgIpc) is 3.72. The number of anilines is 2. The van der Waals surface area contributed by atoms with Crippen LogP contribution in [0.3, 0.4) is 0 Å². The lowest BCUT2D eigenvalue weighted by Gasteiger charge is -2.36. The summed E-state index contributed by atoms with van der Waals surface area (Å²) in [6.45, 7) is 5.01. The Kier molecular flexibility index (Phi) is 7.80. The van der Waals surface area contributed by atoms with E-state index >= 15 is 0 Å². The molecule has 0 radical (unpaired) electrons. The molecule has 2 aromatic carbocycles. The van der Waals surface area contributed by atoms with E-state index < -0.39 is 12.1 Å². The number of carbonyl (C=O) groups is 2. The van der Waals surface area contributed by atoms with Crippen LogP contribution in [-0.2, 0) is 11.2 Å². The maximum absolute atomic E-state index is 12.9. The van der Waals surface area contributed by atoms with Gasteiger partial charge in [0.1, 0.15) is 0 Å². The third-order valence-corrected chi connectivity index (χ3v) is 6.19. The summed E-state index contributed by atoms with van der Waals surface area (Å²) in [5.74, 6) is -0.878. The van der Waals surface area contributed by atoms with Crippen LogP contribution in [0.15, 0.2) is 48.5 Å². The quantitative estimate of drug-likeness (QED) is 0.521. The number of hydrogen-bond acceptors (Lipinski definition) is 6. The molecule has 0 bridgehead atoms. The van der Waals surface area contributed by atoms with E-state index in [1.165, 1.54) is 18.4 Å². The van der Waals surface area contributed by atoms with Crippen LogP contribution in [0.25, 0.3) is 11.0 Å². The number of halogens is 3. The number of carbonyl (C=O) groups excluding carboxylic acids is 1. The van der Waals surface area contributed by atoms with Crippen LogP contribution >= 0.6 is 0 Å². The van der Waals surface area contributed by atoms with Gasteiger partial charge in [0.05, 0.1) is 11.0 Å². The van der Waals surface area contributed by atoms with Gasteiger partial charge >= 0.3 is 12.1 Å². The van der Waals surface area contributed by atoms with Crippen LogP contribution in [-0.4, -0.2) is 70.2 Å². The number of piperazine rings is 1. The van der Waals surface area contributed by atoms with Crippen LogP contribution in [0.4, 0.5) is 24.8 Å². The predicted molar refractivity (Wildman–Crippen MR) is 134 cm³/mol. The van der Waals surface area contributed by atoms with Crippen LogP contribution in [0.2, 0.25) is 0 Å². The lowest BCUT2D eigenvalue weighted by Crippen LogP contribution is -2.49. The number of amides is 1. The van der Waals surface area contributed by atoms with Crippen molar-refractivity contribution in [3.63, 3.8) is 0 Å². The number of nitrogens with zero attached hydrogens (tertiary/aromatic N) is 4. The van der Waals surface area contributed by atoms with Gasteiger partial charge in [-0.1, -0.05) is 31.2 Å². The molecule has 1 saturated carbocycles. The van der Waals surface area contributed by atoms with Gasteiger partial charge in [-0.05, 0) is 49.1 Å². The molecule has 11 heteroatoms. The van der Waals surface area contributed by atoms with Gasteiger partial charge in [-0.2, -0.15) is 13.2 Å². The van der Waals surface area contributed by atoms with E-state index in [0.717, 1.165) is 47.7 Å². The van der Waals surface area contributed by atoms with Gasteiger partial charge in [0, 0.05) is 37.8 Å². The first-order chi connectivity index (χ1) is 17.7. The van der Waals surface area contributed by atoms with Crippen molar-refractivity contribution in [1.29, 1.82) is 0 Å². The van der Waals surface area contributed by atoms with Gasteiger partial charge in [0.25, 0.3) is 5.91 Å². The first kappa shape index (κ1) is 26.2. The number of rotatable bonds is 5. The summed E-state index contributed by atoms with van der Waals surface area (Å²) in [4.78, 5) is 35.8. The fourth-order valence-corrected chi connectivity index (χ4v) is 3.92. The van der Waals surface area contributed by atoms with Crippen LogP contribution in [0.1, 0.15) is 35.7 Å². The summed E-state index contributed by atoms with van der Waals surface area (Å²) in [5, 5.41) is 10.7. The molecule has 0 spiro atoms. The van der Waals surface area contributed by atoms with E-state index in [-0.39, 0.29) is 5.91 Å². The van der Waals surface area contributed by atoms with Crippen molar-refractivity contribution < 1.29 is 27.9 Å². The summed E-state index contributed by atoms with van der Waals surface area (Å²) in [6.07, 6.45) is -1.72. The second-order valence-electron chi connectivity index (χ2n) is 8.94. The highest BCUT2D eigenvalue weighted by Crippen LogP contribution is 2.31. The number of carboxylic acids is 1. The minimum absolute atomic E-state index is 0.109. The Labute approximate surface area is 212 Å². The van der Waals surface area contributed by atoms with Gasteiger partial charge < -0.3 is 20.2 Å². The zero-order valence-corrected chi connectivity index (χ0v) is 20.3. The Balaban J connectivity index is 0.000000405. The smallest absolute Gasteiger partial charge is 0.475 e. The summed E-state index contributed by atoms with van der Waals surface area (Å²) in [7, 11) is 0. The molecule has 1 aliphatic carbocycles. The number of benzene rings is 2. The highest BCUT2D eigenvalue weighted by molar-refractivity contribution is 5.94. The molecule has 37 heavy (non-hydrogen) atoms. The Hall–Kier alpha value is -3.89. The fraction of sp³-hybridized carbons (Fsp3) is 0.385. The molecular formula is C26H28F3N5O3. The first-order valence-corrected chi connectivity index (χ1v) is 12.1. The SMILES string of the molecule is CCc1ccc(C(=O)N2CCN(c3nc4ccccc4nc3NC3CC3)CC2)cc1.O=C(O)C(F)(F)F. The standard InChI is InChI=1S/C24H27N5O.C2HF3O2/c1-2-17-7-9-18(10-8-17)24(30)29-15-13-28(14-16-29)23-22(25-19-11-12-19)26-20-5-3-4-6-21(20)27-23;3-2(4,5)1(6)7/h3-10,19H,2,11-16H2,1H3,(H,25,26);(H,6,7). The van der Waals surface area contributed by atoms with Crippen LogP contribution in [0, 0.1) is 0 Å². The molecule has 3 aromatic rings. The Morgan fingerprint density at radius 3 is 2.05 bits per heavy atom. The lowest BCUT2D eigenvalue weighted by molar-refractivity contribution is -0.192. The fourth-order valence-electron chi connectivity index (χ4n) is 3.92. The summed E-state index contributed by atoms with van der Waals surface area (Å²) in [5.41, 5.74) is 3.83. The number of carboxylic acid groups (broad SMARTS) is 1. The highest BCUT2D eigenvalue weighted by atomic mass is 19.4. The second kappa shape index (κ2) is 11.0. The summed E-state index contributed by atoms with van der Waals surface area (Å²) >= 11 is 0. The number of para-hydroxylation sites is 2. The molecule has 8 nitrogen and oxygen atoms in total. The molecule has 2 heterocycles. The monoisotopic (exact) mass is 515 g/mol. The van der Waals surface area contributed by atoms with E-state index in [1.807, 2.05) is 53.4 Å². The van der Waals surface area contributed by atoms with E-state index in [0.29, 0.717) is 19.1 Å². The van der Waals surface area contributed by atoms with Crippen molar-refractivity contribution in [3.05, 3.63) is 59.7 Å². The molecule has 0 unspecified atom stereocenters. The number of nitrogens with one attached hydrogen (secondary N) is 1. The van der Waals surface area contributed by atoms with E-state index in [4.69, 9.17) is 19.9 Å². The third kappa shape index (κ3) is 6.66. The van der Waals surface area contributed by atoms with E-state index in [1.54, 1.807) is 0 Å². The molecule has 5 rings (SSSR count). The topological polar surface area (TPSA) is 98.7 Å². The second-order valence-corrected chi connectivity index (χ2v) is 8.94. The zero-order valence-electron chi connectivity index (χ0n) is 20.3. The van der Waals surface area contributed by atoms with Gasteiger partial charge in [-0.25, -0.2) is 14.8 Å². The van der Waals surface area contributed by atoms with Gasteiger partial charge in [0.15, 0.2) is 11.6 Å². The van der Waals surface area contributed by atoms with Gasteiger partial charge in [0.2, 0.25) is 0 Å². The molecule has 1 aliphatic heterocycles. The normalized spacial score (nSPS) is 15.7. The summed E-state index contributed by atoms with van der Waals surface area (Å²) in [6, 6.07) is 16.5.